The Bertz CT molecular complexity index is 381. The molecule has 0 radical (unpaired) electrons. The SMILES string of the molecule is OCCCC1=C(C2=[C]([Zr+2])CC=C2)CC=C1.[Cl-].[Cl-]. The van der Waals surface area contributed by atoms with Crippen LogP contribution in [0.1, 0.15) is 25.7 Å². The molecule has 0 fully saturated rings. The molecular formula is C13H15Cl2OZr. The molecule has 0 atom stereocenters. The monoisotopic (exact) mass is 347 g/mol. The fourth-order valence-electron chi connectivity index (χ4n) is 2.13. The molecule has 0 saturated carbocycles. The summed E-state index contributed by atoms with van der Waals surface area (Å²) < 4.78 is 1.57. The van der Waals surface area contributed by atoms with Crippen LogP contribution in [0.25, 0.3) is 0 Å². The summed E-state index contributed by atoms with van der Waals surface area (Å²) in [5.74, 6) is 0. The number of halogens is 2. The topological polar surface area (TPSA) is 20.2 Å². The van der Waals surface area contributed by atoms with Crippen molar-refractivity contribution in [2.24, 2.45) is 0 Å². The third-order valence-corrected chi connectivity index (χ3v) is 4.05. The molecule has 2 aliphatic carbocycles. The van der Waals surface area contributed by atoms with Gasteiger partial charge in [0, 0.05) is 0 Å². The molecule has 0 amide bonds. The Labute approximate surface area is 130 Å². The number of rotatable bonds is 4. The maximum Gasteiger partial charge on any atom is -1.00 e. The minimum Gasteiger partial charge on any atom is -1.00 e. The van der Waals surface area contributed by atoms with Gasteiger partial charge < -0.3 is 24.8 Å². The number of allylic oxidation sites excluding steroid dienone is 8. The zero-order valence-corrected chi connectivity index (χ0v) is 13.5. The van der Waals surface area contributed by atoms with Crippen molar-refractivity contribution in [2.45, 2.75) is 25.7 Å². The molecule has 2 rings (SSSR count). The molecule has 0 aromatic rings. The van der Waals surface area contributed by atoms with E-state index in [1.54, 1.807) is 3.28 Å². The number of aliphatic hydroxyl groups is 1. The molecule has 0 bridgehead atoms. The average molecular weight is 349 g/mol. The van der Waals surface area contributed by atoms with E-state index in [4.69, 9.17) is 5.11 Å². The molecule has 17 heavy (non-hydrogen) atoms. The van der Waals surface area contributed by atoms with Crippen LogP contribution in [0.4, 0.5) is 0 Å². The van der Waals surface area contributed by atoms with E-state index in [2.05, 4.69) is 24.3 Å². The van der Waals surface area contributed by atoms with Crippen LogP contribution in [0.3, 0.4) is 0 Å². The molecular weight excluding hydrogens is 334 g/mol. The molecule has 0 spiro atoms. The summed E-state index contributed by atoms with van der Waals surface area (Å²) in [6.45, 7) is 0.296. The first-order valence-electron chi connectivity index (χ1n) is 5.44. The van der Waals surface area contributed by atoms with Crippen molar-refractivity contribution in [3.05, 3.63) is 44.3 Å². The number of hydrogen-bond donors (Lipinski definition) is 1. The summed E-state index contributed by atoms with van der Waals surface area (Å²) in [6.07, 6.45) is 13.1. The van der Waals surface area contributed by atoms with Crippen LogP contribution in [0, 0.1) is 0 Å². The molecule has 0 heterocycles. The molecule has 1 nitrogen and oxygen atoms in total. The molecule has 2 aliphatic rings. The average Bonchev–Trinajstić information content (AvgIpc) is 2.82. The first-order chi connectivity index (χ1) is 7.33. The van der Waals surface area contributed by atoms with Crippen molar-refractivity contribution < 1.29 is 54.6 Å². The molecule has 0 aliphatic heterocycles. The van der Waals surface area contributed by atoms with E-state index in [0.717, 1.165) is 25.7 Å². The Kier molecular flexibility index (Phi) is 8.67. The van der Waals surface area contributed by atoms with Gasteiger partial charge in [0.25, 0.3) is 0 Å². The maximum absolute atomic E-state index is 8.86. The summed E-state index contributed by atoms with van der Waals surface area (Å²) in [5.41, 5.74) is 4.42. The fraction of sp³-hybridized carbons (Fsp3) is 0.385. The van der Waals surface area contributed by atoms with Crippen LogP contribution in [0.5, 0.6) is 0 Å². The summed E-state index contributed by atoms with van der Waals surface area (Å²) >= 11 is 1.54. The van der Waals surface area contributed by atoms with Crippen molar-refractivity contribution in [1.29, 1.82) is 0 Å². The van der Waals surface area contributed by atoms with E-state index in [0.29, 0.717) is 6.61 Å². The van der Waals surface area contributed by atoms with Crippen LogP contribution in [0.2, 0.25) is 0 Å². The second-order valence-electron chi connectivity index (χ2n) is 3.94. The van der Waals surface area contributed by atoms with E-state index in [9.17, 15) is 0 Å². The molecule has 1 N–H and O–H groups in total. The maximum atomic E-state index is 8.86. The summed E-state index contributed by atoms with van der Waals surface area (Å²) in [4.78, 5) is 0. The van der Waals surface area contributed by atoms with Crippen LogP contribution >= 0.6 is 0 Å². The van der Waals surface area contributed by atoms with Crippen molar-refractivity contribution in [1.82, 2.24) is 0 Å². The van der Waals surface area contributed by atoms with Crippen LogP contribution < -0.4 is 24.8 Å². The smallest absolute Gasteiger partial charge is 1.00 e. The van der Waals surface area contributed by atoms with Crippen molar-refractivity contribution in [2.75, 3.05) is 6.61 Å². The van der Waals surface area contributed by atoms with Crippen molar-refractivity contribution in [3.8, 4) is 0 Å². The zero-order chi connectivity index (χ0) is 10.7. The molecule has 4 heteroatoms. The first kappa shape index (κ1) is 17.4. The quantitative estimate of drug-likeness (QED) is 0.567. The Morgan fingerprint density at radius 1 is 1.12 bits per heavy atom. The molecule has 0 unspecified atom stereocenters. The minimum atomic E-state index is 0. The second kappa shape index (κ2) is 8.48. The fourth-order valence-corrected chi connectivity index (χ4v) is 2.99. The van der Waals surface area contributed by atoms with E-state index < -0.39 is 0 Å². The zero-order valence-electron chi connectivity index (χ0n) is 9.55. The Hall–Kier alpha value is 0.383. The van der Waals surface area contributed by atoms with Gasteiger partial charge >= 0.3 is 106 Å². The van der Waals surface area contributed by atoms with E-state index in [1.165, 1.54) is 41.4 Å². The van der Waals surface area contributed by atoms with Gasteiger partial charge in [-0.2, -0.15) is 0 Å². The normalized spacial score (nSPS) is 17.6. The number of hydrogen-bond acceptors (Lipinski definition) is 1. The first-order valence-corrected chi connectivity index (χ1v) is 6.67. The number of aliphatic hydroxyl groups excluding tert-OH is 1. The van der Waals surface area contributed by atoms with Crippen LogP contribution in [-0.4, -0.2) is 11.7 Å². The van der Waals surface area contributed by atoms with Gasteiger partial charge in [0.05, 0.1) is 0 Å². The predicted octanol–water partition coefficient (Wildman–Crippen LogP) is -3.22. The molecule has 0 aromatic carbocycles. The van der Waals surface area contributed by atoms with Crippen LogP contribution in [-0.2, 0) is 24.7 Å². The Balaban J connectivity index is 0.00000128. The summed E-state index contributed by atoms with van der Waals surface area (Å²) in [5, 5.41) is 8.86. The van der Waals surface area contributed by atoms with Gasteiger partial charge in [-0.3, -0.25) is 0 Å². The summed E-state index contributed by atoms with van der Waals surface area (Å²) in [6, 6.07) is 0. The largest absolute Gasteiger partial charge is 1.00 e. The van der Waals surface area contributed by atoms with E-state index >= 15 is 0 Å². The third-order valence-electron chi connectivity index (χ3n) is 2.89. The predicted molar refractivity (Wildman–Crippen MR) is 57.9 cm³/mol. The molecule has 0 aromatic heterocycles. The summed E-state index contributed by atoms with van der Waals surface area (Å²) in [7, 11) is 0. The van der Waals surface area contributed by atoms with Gasteiger partial charge in [-0.1, -0.05) is 0 Å². The van der Waals surface area contributed by atoms with Gasteiger partial charge in [0.2, 0.25) is 0 Å². The van der Waals surface area contributed by atoms with Gasteiger partial charge in [-0.15, -0.1) is 0 Å². The second-order valence-corrected chi connectivity index (χ2v) is 5.42. The van der Waals surface area contributed by atoms with Gasteiger partial charge in [0.15, 0.2) is 0 Å². The van der Waals surface area contributed by atoms with Crippen LogP contribution in [0.15, 0.2) is 44.3 Å². The Morgan fingerprint density at radius 3 is 2.41 bits per heavy atom. The van der Waals surface area contributed by atoms with Crippen molar-refractivity contribution >= 4 is 0 Å². The third kappa shape index (κ3) is 4.21. The van der Waals surface area contributed by atoms with E-state index in [1.807, 2.05) is 0 Å². The molecule has 0 saturated heterocycles. The molecule has 91 valence electrons. The van der Waals surface area contributed by atoms with Crippen molar-refractivity contribution in [3.63, 3.8) is 0 Å². The minimum absolute atomic E-state index is 0. The standard InChI is InChI=1S/C13H15O.2ClH.Zr/c14-10-4-8-12-7-3-9-13(12)11-5-1-2-6-11;;;/h1,3,5,7,14H,2,4,8-10H2;2*1H;/q;;;+2/p-2. The van der Waals surface area contributed by atoms with Gasteiger partial charge in [-0.05, 0) is 0 Å². The Morgan fingerprint density at radius 2 is 1.82 bits per heavy atom. The van der Waals surface area contributed by atoms with Gasteiger partial charge in [-0.25, -0.2) is 0 Å². The van der Waals surface area contributed by atoms with Gasteiger partial charge in [0.1, 0.15) is 0 Å². The van der Waals surface area contributed by atoms with E-state index in [-0.39, 0.29) is 24.8 Å².